The first-order chi connectivity index (χ1) is 11.1. The van der Waals surface area contributed by atoms with E-state index in [1.807, 2.05) is 43.7 Å². The molecule has 120 valence electrons. The Morgan fingerprint density at radius 2 is 2.17 bits per heavy atom. The highest BCUT2D eigenvalue weighted by atomic mass is 32.1. The monoisotopic (exact) mass is 329 g/mol. The van der Waals surface area contributed by atoms with Crippen molar-refractivity contribution in [3.8, 4) is 0 Å². The Kier molecular flexibility index (Phi) is 4.66. The Labute approximate surface area is 138 Å². The van der Waals surface area contributed by atoms with Crippen molar-refractivity contribution in [2.24, 2.45) is 0 Å². The predicted molar refractivity (Wildman–Crippen MR) is 90.3 cm³/mol. The molecule has 7 heteroatoms. The number of carbonyl (C=O) groups is 1. The van der Waals surface area contributed by atoms with Crippen molar-refractivity contribution < 1.29 is 4.79 Å². The first kappa shape index (κ1) is 15.6. The molecule has 2 heterocycles. The zero-order valence-corrected chi connectivity index (χ0v) is 14.1. The summed E-state index contributed by atoms with van der Waals surface area (Å²) < 4.78 is 1.79. The number of hydrogen-bond acceptors (Lipinski definition) is 5. The predicted octanol–water partition coefficient (Wildman–Crippen LogP) is 2.29. The maximum atomic E-state index is 12.3. The molecule has 0 radical (unpaired) electrons. The molecule has 0 N–H and O–H groups in total. The van der Waals surface area contributed by atoms with Gasteiger partial charge in [0.1, 0.15) is 5.52 Å². The average Bonchev–Trinajstić information content (AvgIpc) is 3.16. The summed E-state index contributed by atoms with van der Waals surface area (Å²) in [4.78, 5) is 19.5. The number of rotatable bonds is 6. The van der Waals surface area contributed by atoms with Gasteiger partial charge in [-0.3, -0.25) is 4.79 Å². The zero-order valence-electron chi connectivity index (χ0n) is 13.3. The minimum Gasteiger partial charge on any atom is -0.345 e. The van der Waals surface area contributed by atoms with E-state index in [0.717, 1.165) is 23.1 Å². The quantitative estimate of drug-likeness (QED) is 0.696. The molecule has 2 aromatic heterocycles. The fraction of sp³-hybridized carbons (Fsp3) is 0.375. The highest BCUT2D eigenvalue weighted by Gasteiger charge is 2.12. The third-order valence-electron chi connectivity index (χ3n) is 3.90. The number of hydrogen-bond donors (Lipinski definition) is 0. The number of carbonyl (C=O) groups excluding carboxylic acids is 1. The summed E-state index contributed by atoms with van der Waals surface area (Å²) in [6, 6.07) is 7.77. The lowest BCUT2D eigenvalue weighted by molar-refractivity contribution is -0.130. The van der Waals surface area contributed by atoms with E-state index in [1.54, 1.807) is 20.9 Å². The van der Waals surface area contributed by atoms with Gasteiger partial charge in [0.15, 0.2) is 0 Å². The first-order valence-corrected chi connectivity index (χ1v) is 8.44. The van der Waals surface area contributed by atoms with Crippen molar-refractivity contribution in [3.05, 3.63) is 40.3 Å². The van der Waals surface area contributed by atoms with Gasteiger partial charge in [-0.15, -0.1) is 16.4 Å². The second-order valence-corrected chi connectivity index (χ2v) is 6.42. The number of fused-ring (bicyclic) bond motifs is 1. The van der Waals surface area contributed by atoms with Crippen LogP contribution < -0.4 is 0 Å². The van der Waals surface area contributed by atoms with Crippen molar-refractivity contribution in [2.45, 2.75) is 26.3 Å². The maximum absolute atomic E-state index is 12.3. The van der Waals surface area contributed by atoms with Crippen molar-refractivity contribution in [3.63, 3.8) is 0 Å². The molecule has 0 aliphatic heterocycles. The first-order valence-electron chi connectivity index (χ1n) is 7.56. The molecule has 0 fully saturated rings. The van der Waals surface area contributed by atoms with Crippen molar-refractivity contribution in [1.82, 2.24) is 24.9 Å². The SMILES string of the molecule is Cc1ncsc1CCN(C)C(=O)CCn1nnc2ccccc21. The Hall–Kier alpha value is -2.28. The summed E-state index contributed by atoms with van der Waals surface area (Å²) in [7, 11) is 1.85. The summed E-state index contributed by atoms with van der Waals surface area (Å²) in [6.07, 6.45) is 1.27. The smallest absolute Gasteiger partial charge is 0.224 e. The van der Waals surface area contributed by atoms with Gasteiger partial charge in [-0.25, -0.2) is 9.67 Å². The molecule has 3 aromatic rings. The number of likely N-dealkylation sites (N-methyl/N-ethyl adjacent to an activating group) is 1. The molecule has 0 saturated heterocycles. The fourth-order valence-corrected chi connectivity index (χ4v) is 3.21. The van der Waals surface area contributed by atoms with Gasteiger partial charge < -0.3 is 4.90 Å². The van der Waals surface area contributed by atoms with Crippen LogP contribution in [0, 0.1) is 6.92 Å². The zero-order chi connectivity index (χ0) is 16.2. The number of thiazole rings is 1. The van der Waals surface area contributed by atoms with Gasteiger partial charge >= 0.3 is 0 Å². The van der Waals surface area contributed by atoms with Gasteiger partial charge in [0.25, 0.3) is 0 Å². The topological polar surface area (TPSA) is 63.9 Å². The van der Waals surface area contributed by atoms with E-state index in [9.17, 15) is 4.79 Å². The lowest BCUT2D eigenvalue weighted by Gasteiger charge is -2.16. The van der Waals surface area contributed by atoms with Crippen molar-refractivity contribution in [1.29, 1.82) is 0 Å². The van der Waals surface area contributed by atoms with Crippen LogP contribution in [0.2, 0.25) is 0 Å². The molecule has 0 aliphatic carbocycles. The van der Waals surface area contributed by atoms with E-state index in [4.69, 9.17) is 0 Å². The Morgan fingerprint density at radius 1 is 1.35 bits per heavy atom. The highest BCUT2D eigenvalue weighted by molar-refractivity contribution is 7.09. The van der Waals surface area contributed by atoms with E-state index < -0.39 is 0 Å². The van der Waals surface area contributed by atoms with Gasteiger partial charge in [-0.1, -0.05) is 17.3 Å². The van der Waals surface area contributed by atoms with Crippen LogP contribution in [-0.4, -0.2) is 44.4 Å². The largest absolute Gasteiger partial charge is 0.345 e. The summed E-state index contributed by atoms with van der Waals surface area (Å²) in [5, 5.41) is 8.22. The number of aryl methyl sites for hydroxylation is 2. The van der Waals surface area contributed by atoms with E-state index in [-0.39, 0.29) is 5.91 Å². The second-order valence-electron chi connectivity index (χ2n) is 5.48. The summed E-state index contributed by atoms with van der Waals surface area (Å²) >= 11 is 1.64. The second kappa shape index (κ2) is 6.87. The third kappa shape index (κ3) is 3.56. The van der Waals surface area contributed by atoms with Gasteiger partial charge in [-0.2, -0.15) is 0 Å². The Balaban J connectivity index is 1.53. The van der Waals surface area contributed by atoms with Crippen LogP contribution in [0.15, 0.2) is 29.8 Å². The van der Waals surface area contributed by atoms with Crippen LogP contribution in [0.5, 0.6) is 0 Å². The molecule has 3 rings (SSSR count). The minimum atomic E-state index is 0.117. The van der Waals surface area contributed by atoms with Crippen molar-refractivity contribution in [2.75, 3.05) is 13.6 Å². The molecule has 0 bridgehead atoms. The Bertz CT molecular complexity index is 810. The molecular formula is C16H19N5OS. The molecule has 0 atom stereocenters. The summed E-state index contributed by atoms with van der Waals surface area (Å²) in [5.41, 5.74) is 4.73. The highest BCUT2D eigenvalue weighted by Crippen LogP contribution is 2.13. The van der Waals surface area contributed by atoms with Crippen LogP contribution in [0.4, 0.5) is 0 Å². The van der Waals surface area contributed by atoms with Crippen LogP contribution in [-0.2, 0) is 17.8 Å². The number of amides is 1. The van der Waals surface area contributed by atoms with Crippen LogP contribution in [0.3, 0.4) is 0 Å². The third-order valence-corrected chi connectivity index (χ3v) is 4.90. The average molecular weight is 329 g/mol. The van der Waals surface area contributed by atoms with Crippen LogP contribution in [0.1, 0.15) is 17.0 Å². The number of para-hydroxylation sites is 1. The van der Waals surface area contributed by atoms with Gasteiger partial charge in [-0.05, 0) is 19.1 Å². The molecule has 0 saturated carbocycles. The summed E-state index contributed by atoms with van der Waals surface area (Å²) in [5.74, 6) is 0.117. The lowest BCUT2D eigenvalue weighted by atomic mass is 10.2. The molecule has 23 heavy (non-hydrogen) atoms. The standard InChI is InChI=1S/C16H19N5OS/c1-12-15(23-11-17-12)7-9-20(2)16(22)8-10-21-14-6-4-3-5-13(14)18-19-21/h3-6,11H,7-10H2,1-2H3. The molecular weight excluding hydrogens is 310 g/mol. The molecule has 0 aliphatic rings. The van der Waals surface area contributed by atoms with Crippen LogP contribution in [0.25, 0.3) is 11.0 Å². The molecule has 0 spiro atoms. The van der Waals surface area contributed by atoms with Gasteiger partial charge in [0.2, 0.25) is 5.91 Å². The van der Waals surface area contributed by atoms with E-state index in [2.05, 4.69) is 15.3 Å². The normalized spacial score (nSPS) is 11.0. The number of benzene rings is 1. The number of aromatic nitrogens is 4. The molecule has 0 unspecified atom stereocenters. The van der Waals surface area contributed by atoms with E-state index >= 15 is 0 Å². The Morgan fingerprint density at radius 3 is 2.96 bits per heavy atom. The van der Waals surface area contributed by atoms with E-state index in [0.29, 0.717) is 19.5 Å². The van der Waals surface area contributed by atoms with Crippen LogP contribution >= 0.6 is 11.3 Å². The van der Waals surface area contributed by atoms with Gasteiger partial charge in [0, 0.05) is 31.3 Å². The summed E-state index contributed by atoms with van der Waals surface area (Å²) in [6.45, 7) is 3.26. The fourth-order valence-electron chi connectivity index (χ4n) is 2.43. The van der Waals surface area contributed by atoms with Gasteiger partial charge in [0.05, 0.1) is 23.3 Å². The number of nitrogens with zero attached hydrogens (tertiary/aromatic N) is 5. The molecule has 1 amide bonds. The molecule has 1 aromatic carbocycles. The molecule has 6 nitrogen and oxygen atoms in total. The van der Waals surface area contributed by atoms with Crippen molar-refractivity contribution >= 4 is 28.3 Å². The van der Waals surface area contributed by atoms with E-state index in [1.165, 1.54) is 4.88 Å². The maximum Gasteiger partial charge on any atom is 0.224 e. The minimum absolute atomic E-state index is 0.117. The lowest BCUT2D eigenvalue weighted by Crippen LogP contribution is -2.29.